The highest BCUT2D eigenvalue weighted by atomic mass is 19.1. The Balaban J connectivity index is 1.81. The minimum Gasteiger partial charge on any atom is -0.490 e. The molecule has 3 heterocycles. The van der Waals surface area contributed by atoms with Crippen LogP contribution in [0.2, 0.25) is 0 Å². The first kappa shape index (κ1) is 15.4. The van der Waals surface area contributed by atoms with E-state index in [1.54, 1.807) is 23.7 Å². The maximum atomic E-state index is 13.9. The van der Waals surface area contributed by atoms with Crippen molar-refractivity contribution in [2.75, 3.05) is 11.9 Å². The summed E-state index contributed by atoms with van der Waals surface area (Å²) >= 11 is 0. The van der Waals surface area contributed by atoms with Gasteiger partial charge in [-0.1, -0.05) is 12.1 Å². The lowest BCUT2D eigenvalue weighted by Crippen LogP contribution is -2.29. The zero-order valence-electron chi connectivity index (χ0n) is 13.7. The number of hydrogen-bond acceptors (Lipinski definition) is 5. The lowest BCUT2D eigenvalue weighted by molar-refractivity contribution is 0.260. The maximum Gasteiger partial charge on any atom is 0.329 e. The Kier molecular flexibility index (Phi) is 3.38. The van der Waals surface area contributed by atoms with Crippen LogP contribution in [0.3, 0.4) is 0 Å². The van der Waals surface area contributed by atoms with E-state index in [0.29, 0.717) is 24.5 Å². The fourth-order valence-electron chi connectivity index (χ4n) is 3.13. The summed E-state index contributed by atoms with van der Waals surface area (Å²) in [4.78, 5) is 30.5. The standard InChI is InChI=1S/C16H16FN5O3/c1-21-11-13(22(2)16(24)20-14(11)23)19-15(21)18-10-6-7-25-12-8(10)4-3-5-9(12)17/h3-5,10H,6-7H2,1-2H3,(H,18,19)(H,20,23,24)/t10-/m0/s1. The predicted molar refractivity (Wildman–Crippen MR) is 89.5 cm³/mol. The molecule has 1 aromatic carbocycles. The Labute approximate surface area is 140 Å². The molecule has 4 rings (SSSR count). The number of aromatic amines is 1. The average molecular weight is 345 g/mol. The SMILES string of the molecule is Cn1c(N[C@H]2CCOc3c(F)cccc32)nc2c1c(=O)[nH]c(=O)n2C. The van der Waals surface area contributed by atoms with Crippen molar-refractivity contribution >= 4 is 17.1 Å². The highest BCUT2D eigenvalue weighted by Crippen LogP contribution is 2.36. The molecule has 0 saturated carbocycles. The van der Waals surface area contributed by atoms with Crippen LogP contribution in [0, 0.1) is 5.82 Å². The van der Waals surface area contributed by atoms with Crippen LogP contribution in [0.4, 0.5) is 10.3 Å². The third kappa shape index (κ3) is 2.31. The number of H-pyrrole nitrogens is 1. The molecule has 8 nitrogen and oxygen atoms in total. The van der Waals surface area contributed by atoms with Crippen LogP contribution >= 0.6 is 0 Å². The summed E-state index contributed by atoms with van der Waals surface area (Å²) in [5.74, 6) is 0.243. The molecule has 1 aliphatic heterocycles. The number of aryl methyl sites for hydroxylation is 2. The van der Waals surface area contributed by atoms with E-state index in [0.717, 1.165) is 0 Å². The summed E-state index contributed by atoms with van der Waals surface area (Å²) in [5.41, 5.74) is 0.239. The molecule has 0 radical (unpaired) electrons. The van der Waals surface area contributed by atoms with Crippen molar-refractivity contribution in [1.29, 1.82) is 0 Å². The Hall–Kier alpha value is -3.10. The van der Waals surface area contributed by atoms with Gasteiger partial charge in [0.1, 0.15) is 0 Å². The third-order valence-corrected chi connectivity index (χ3v) is 4.46. The first-order valence-corrected chi connectivity index (χ1v) is 7.81. The number of fused-ring (bicyclic) bond motifs is 2. The smallest absolute Gasteiger partial charge is 0.329 e. The topological polar surface area (TPSA) is 93.9 Å². The molecule has 0 fully saturated rings. The van der Waals surface area contributed by atoms with Crippen molar-refractivity contribution in [3.8, 4) is 5.75 Å². The molecule has 3 aromatic rings. The second-order valence-electron chi connectivity index (χ2n) is 5.98. The molecule has 0 amide bonds. The van der Waals surface area contributed by atoms with Gasteiger partial charge in [-0.25, -0.2) is 9.18 Å². The highest BCUT2D eigenvalue weighted by molar-refractivity contribution is 5.74. The van der Waals surface area contributed by atoms with Gasteiger partial charge in [-0.2, -0.15) is 4.98 Å². The van der Waals surface area contributed by atoms with Gasteiger partial charge in [0.25, 0.3) is 5.56 Å². The largest absolute Gasteiger partial charge is 0.490 e. The molecular weight excluding hydrogens is 329 g/mol. The Morgan fingerprint density at radius 2 is 2.12 bits per heavy atom. The van der Waals surface area contributed by atoms with Gasteiger partial charge in [0.15, 0.2) is 22.7 Å². The number of anilines is 1. The molecule has 1 aliphatic rings. The number of imidazole rings is 1. The van der Waals surface area contributed by atoms with Crippen LogP contribution in [-0.2, 0) is 14.1 Å². The number of nitrogens with one attached hydrogen (secondary N) is 2. The minimum atomic E-state index is -0.527. The van der Waals surface area contributed by atoms with E-state index >= 15 is 0 Å². The third-order valence-electron chi connectivity index (χ3n) is 4.46. The number of ether oxygens (including phenoxy) is 1. The zero-order valence-corrected chi connectivity index (χ0v) is 13.7. The quantitative estimate of drug-likeness (QED) is 0.724. The monoisotopic (exact) mass is 345 g/mol. The van der Waals surface area contributed by atoms with Crippen LogP contribution in [0.25, 0.3) is 11.2 Å². The fraction of sp³-hybridized carbons (Fsp3) is 0.312. The minimum absolute atomic E-state index is 0.217. The summed E-state index contributed by atoms with van der Waals surface area (Å²) in [6.07, 6.45) is 0.620. The molecule has 2 aromatic heterocycles. The average Bonchev–Trinajstić information content (AvgIpc) is 2.91. The number of para-hydroxylation sites is 1. The second-order valence-corrected chi connectivity index (χ2v) is 5.98. The van der Waals surface area contributed by atoms with Gasteiger partial charge in [0.2, 0.25) is 5.95 Å². The van der Waals surface area contributed by atoms with Crippen molar-refractivity contribution in [2.45, 2.75) is 12.5 Å². The van der Waals surface area contributed by atoms with E-state index in [-0.39, 0.29) is 23.0 Å². The number of rotatable bonds is 2. The lowest BCUT2D eigenvalue weighted by Gasteiger charge is -2.27. The first-order valence-electron chi connectivity index (χ1n) is 7.81. The second kappa shape index (κ2) is 5.47. The van der Waals surface area contributed by atoms with Crippen molar-refractivity contribution in [2.24, 2.45) is 14.1 Å². The van der Waals surface area contributed by atoms with Gasteiger partial charge in [-0.05, 0) is 6.07 Å². The molecule has 0 unspecified atom stereocenters. The van der Waals surface area contributed by atoms with Gasteiger partial charge >= 0.3 is 5.69 Å². The van der Waals surface area contributed by atoms with Crippen LogP contribution in [0.1, 0.15) is 18.0 Å². The molecule has 0 aliphatic carbocycles. The summed E-state index contributed by atoms with van der Waals surface area (Å²) in [6.45, 7) is 0.370. The van der Waals surface area contributed by atoms with Gasteiger partial charge in [-0.15, -0.1) is 0 Å². The molecule has 1 atom stereocenters. The van der Waals surface area contributed by atoms with Crippen LogP contribution in [0.5, 0.6) is 5.75 Å². The van der Waals surface area contributed by atoms with Gasteiger partial charge in [-0.3, -0.25) is 14.3 Å². The number of nitrogens with zero attached hydrogens (tertiary/aromatic N) is 3. The molecule has 0 spiro atoms. The van der Waals surface area contributed by atoms with Crippen molar-refractivity contribution < 1.29 is 9.13 Å². The van der Waals surface area contributed by atoms with Crippen molar-refractivity contribution in [3.63, 3.8) is 0 Å². The molecule has 0 bridgehead atoms. The summed E-state index contributed by atoms with van der Waals surface area (Å²) in [5, 5.41) is 3.23. The van der Waals surface area contributed by atoms with E-state index in [4.69, 9.17) is 4.74 Å². The number of halogens is 1. The predicted octanol–water partition coefficient (Wildman–Crippen LogP) is 1.04. The summed E-state index contributed by atoms with van der Waals surface area (Å²) in [6, 6.07) is 4.55. The zero-order chi connectivity index (χ0) is 17.7. The van der Waals surface area contributed by atoms with Crippen molar-refractivity contribution in [3.05, 3.63) is 50.4 Å². The maximum absolute atomic E-state index is 13.9. The summed E-state index contributed by atoms with van der Waals surface area (Å²) in [7, 11) is 3.22. The Morgan fingerprint density at radius 3 is 2.92 bits per heavy atom. The Morgan fingerprint density at radius 1 is 1.32 bits per heavy atom. The fourth-order valence-corrected chi connectivity index (χ4v) is 3.13. The van der Waals surface area contributed by atoms with Crippen LogP contribution in [-0.4, -0.2) is 25.7 Å². The molecule has 0 saturated heterocycles. The van der Waals surface area contributed by atoms with Crippen LogP contribution in [0.15, 0.2) is 27.8 Å². The Bertz CT molecular complexity index is 1100. The number of benzene rings is 1. The van der Waals surface area contributed by atoms with E-state index in [1.807, 2.05) is 0 Å². The first-order chi connectivity index (χ1) is 12.0. The molecule has 2 N–H and O–H groups in total. The van der Waals surface area contributed by atoms with Gasteiger partial charge < -0.3 is 14.6 Å². The highest BCUT2D eigenvalue weighted by Gasteiger charge is 2.26. The van der Waals surface area contributed by atoms with Crippen molar-refractivity contribution in [1.82, 2.24) is 19.1 Å². The van der Waals surface area contributed by atoms with Crippen LogP contribution < -0.4 is 21.3 Å². The number of aromatic nitrogens is 4. The van der Waals surface area contributed by atoms with Gasteiger partial charge in [0, 0.05) is 26.1 Å². The summed E-state index contributed by atoms with van der Waals surface area (Å²) < 4.78 is 22.2. The van der Waals surface area contributed by atoms with E-state index in [9.17, 15) is 14.0 Å². The van der Waals surface area contributed by atoms with Gasteiger partial charge in [0.05, 0.1) is 12.6 Å². The lowest BCUT2D eigenvalue weighted by atomic mass is 10.0. The molecule has 130 valence electrons. The molecule has 9 heteroatoms. The molecule has 25 heavy (non-hydrogen) atoms. The van der Waals surface area contributed by atoms with E-state index in [2.05, 4.69) is 15.3 Å². The molecular formula is C16H16FN5O3. The van der Waals surface area contributed by atoms with E-state index in [1.165, 1.54) is 17.7 Å². The van der Waals surface area contributed by atoms with E-state index < -0.39 is 17.1 Å². The number of hydrogen-bond donors (Lipinski definition) is 2. The normalized spacial score (nSPS) is 16.5.